The van der Waals surface area contributed by atoms with Gasteiger partial charge in [-0.15, -0.1) is 0 Å². The monoisotopic (exact) mass is 446 g/mol. The van der Waals surface area contributed by atoms with Gasteiger partial charge in [0.2, 0.25) is 10.0 Å². The Morgan fingerprint density at radius 1 is 1.10 bits per heavy atom. The van der Waals surface area contributed by atoms with Crippen LogP contribution in [0.4, 0.5) is 0 Å². The number of carbonyl (C=O) groups is 1. The number of ether oxygens (including phenoxy) is 2. The van der Waals surface area contributed by atoms with Crippen molar-refractivity contribution >= 4 is 22.0 Å². The lowest BCUT2D eigenvalue weighted by Crippen LogP contribution is -2.41. The molecule has 0 heterocycles. The summed E-state index contributed by atoms with van der Waals surface area (Å²) in [6, 6.07) is 12.0. The van der Waals surface area contributed by atoms with E-state index < -0.39 is 15.6 Å². The van der Waals surface area contributed by atoms with E-state index in [4.69, 9.17) is 9.47 Å². The van der Waals surface area contributed by atoms with Crippen molar-refractivity contribution in [3.8, 4) is 11.5 Å². The Balaban J connectivity index is 2.03. The molecule has 0 atom stereocenters. The molecule has 0 aliphatic heterocycles. The van der Waals surface area contributed by atoms with Crippen molar-refractivity contribution in [2.24, 2.45) is 0 Å². The lowest BCUT2D eigenvalue weighted by atomic mass is 10.1. The van der Waals surface area contributed by atoms with Crippen LogP contribution in [0.25, 0.3) is 6.08 Å². The molecule has 31 heavy (non-hydrogen) atoms. The van der Waals surface area contributed by atoms with Gasteiger partial charge in [0, 0.05) is 12.1 Å². The van der Waals surface area contributed by atoms with Crippen LogP contribution in [0.3, 0.4) is 0 Å². The predicted octanol–water partition coefficient (Wildman–Crippen LogP) is 3.50. The molecule has 2 N–H and O–H groups in total. The highest BCUT2D eigenvalue weighted by molar-refractivity contribution is 7.89. The van der Waals surface area contributed by atoms with Gasteiger partial charge in [-0.2, -0.15) is 0 Å². The van der Waals surface area contributed by atoms with Gasteiger partial charge in [0.1, 0.15) is 0 Å². The molecule has 2 rings (SSSR count). The summed E-state index contributed by atoms with van der Waals surface area (Å²) in [7, 11) is -2.19. The molecular formula is C23H30N2O5S. The highest BCUT2D eigenvalue weighted by Crippen LogP contribution is 2.28. The lowest BCUT2D eigenvalue weighted by Gasteiger charge is -2.21. The van der Waals surface area contributed by atoms with Gasteiger partial charge >= 0.3 is 0 Å². The number of amides is 1. The van der Waals surface area contributed by atoms with E-state index in [-0.39, 0.29) is 24.0 Å². The first-order valence-electron chi connectivity index (χ1n) is 9.88. The van der Waals surface area contributed by atoms with E-state index in [9.17, 15) is 13.2 Å². The lowest BCUT2D eigenvalue weighted by molar-refractivity contribution is -0.123. The first-order valence-corrected chi connectivity index (χ1v) is 11.4. The fraction of sp³-hybridized carbons (Fsp3) is 0.348. The number of allylic oxidation sites excluding steroid dienone is 1. The third kappa shape index (κ3) is 7.41. The normalized spacial score (nSPS) is 12.0. The summed E-state index contributed by atoms with van der Waals surface area (Å²) in [5.74, 6) is 0.590. The van der Waals surface area contributed by atoms with E-state index in [1.807, 2.05) is 31.2 Å². The Morgan fingerprint density at radius 3 is 2.45 bits per heavy atom. The molecule has 0 aliphatic rings. The first kappa shape index (κ1) is 24.4. The van der Waals surface area contributed by atoms with Crippen molar-refractivity contribution in [2.45, 2.75) is 44.7 Å². The van der Waals surface area contributed by atoms with Crippen molar-refractivity contribution in [3.05, 3.63) is 59.7 Å². The largest absolute Gasteiger partial charge is 0.493 e. The fourth-order valence-corrected chi connectivity index (χ4v) is 4.52. The van der Waals surface area contributed by atoms with Crippen LogP contribution >= 0.6 is 0 Å². The average molecular weight is 447 g/mol. The summed E-state index contributed by atoms with van der Waals surface area (Å²) in [6.45, 7) is 7.06. The summed E-state index contributed by atoms with van der Waals surface area (Å²) in [5, 5.41) is 2.71. The van der Waals surface area contributed by atoms with Gasteiger partial charge in [0.05, 0.1) is 12.0 Å². The third-order valence-electron chi connectivity index (χ3n) is 4.08. The maximum atomic E-state index is 12.7. The van der Waals surface area contributed by atoms with Crippen molar-refractivity contribution in [1.29, 1.82) is 0 Å². The number of hydrogen-bond acceptors (Lipinski definition) is 5. The molecule has 7 nitrogen and oxygen atoms in total. The topological polar surface area (TPSA) is 93.7 Å². The number of sulfonamides is 1. The van der Waals surface area contributed by atoms with Crippen LogP contribution in [-0.2, 0) is 21.4 Å². The molecule has 1 amide bonds. The average Bonchev–Trinajstić information content (AvgIpc) is 2.69. The second kappa shape index (κ2) is 10.5. The Hall–Kier alpha value is -2.84. The highest BCUT2D eigenvalue weighted by Gasteiger charge is 2.24. The minimum Gasteiger partial charge on any atom is -0.493 e. The molecule has 8 heteroatoms. The van der Waals surface area contributed by atoms with Crippen molar-refractivity contribution in [1.82, 2.24) is 10.0 Å². The van der Waals surface area contributed by atoms with E-state index in [1.54, 1.807) is 45.0 Å². The zero-order chi connectivity index (χ0) is 23.1. The molecular weight excluding hydrogens is 416 g/mol. The Kier molecular flexibility index (Phi) is 8.24. The summed E-state index contributed by atoms with van der Waals surface area (Å²) in [5.41, 5.74) is 0.823. The number of carbonyl (C=O) groups excluding carboxylic acids is 1. The standard InChI is InChI=1S/C23H30N2O5S/c1-6-9-17-12-13-19(20(14-17)29-5)30-16-22(26)24-15-18-10-7-8-11-21(18)31(27,28)25-23(2,3)4/h6-14,25H,15-16H2,1-5H3,(H,24,26)/b9-6+. The van der Waals surface area contributed by atoms with Crippen molar-refractivity contribution < 1.29 is 22.7 Å². The predicted molar refractivity (Wildman–Crippen MR) is 122 cm³/mol. The zero-order valence-electron chi connectivity index (χ0n) is 18.6. The van der Waals surface area contributed by atoms with Gasteiger partial charge in [0.25, 0.3) is 5.91 Å². The highest BCUT2D eigenvalue weighted by atomic mass is 32.2. The van der Waals surface area contributed by atoms with Gasteiger partial charge in [-0.1, -0.05) is 36.4 Å². The minimum atomic E-state index is -3.72. The fourth-order valence-electron chi connectivity index (χ4n) is 2.86. The second-order valence-electron chi connectivity index (χ2n) is 7.94. The minimum absolute atomic E-state index is 0.0563. The van der Waals surface area contributed by atoms with Crippen molar-refractivity contribution in [2.75, 3.05) is 13.7 Å². The van der Waals surface area contributed by atoms with Gasteiger partial charge < -0.3 is 14.8 Å². The van der Waals surface area contributed by atoms with Crippen molar-refractivity contribution in [3.63, 3.8) is 0 Å². The van der Waals surface area contributed by atoms with Crippen LogP contribution in [0.2, 0.25) is 0 Å². The molecule has 0 saturated heterocycles. The molecule has 0 fully saturated rings. The maximum absolute atomic E-state index is 12.7. The number of hydrogen-bond donors (Lipinski definition) is 2. The van der Waals surface area contributed by atoms with E-state index >= 15 is 0 Å². The smallest absolute Gasteiger partial charge is 0.258 e. The number of rotatable bonds is 9. The zero-order valence-corrected chi connectivity index (χ0v) is 19.4. The molecule has 0 unspecified atom stereocenters. The van der Waals surface area contributed by atoms with Crippen LogP contribution in [0, 0.1) is 0 Å². The van der Waals surface area contributed by atoms with E-state index in [0.29, 0.717) is 17.1 Å². The first-order chi connectivity index (χ1) is 14.6. The molecule has 0 saturated carbocycles. The van der Waals surface area contributed by atoms with E-state index in [0.717, 1.165) is 5.56 Å². The molecule has 0 spiro atoms. The third-order valence-corrected chi connectivity index (χ3v) is 5.94. The Labute approximate surface area is 184 Å². The summed E-state index contributed by atoms with van der Waals surface area (Å²) in [4.78, 5) is 12.4. The molecule has 2 aromatic carbocycles. The molecule has 0 aliphatic carbocycles. The van der Waals surface area contributed by atoms with E-state index in [2.05, 4.69) is 10.0 Å². The molecule has 0 bridgehead atoms. The summed E-state index contributed by atoms with van der Waals surface area (Å²) in [6.07, 6.45) is 3.84. The second-order valence-corrected chi connectivity index (χ2v) is 9.59. The summed E-state index contributed by atoms with van der Waals surface area (Å²) < 4.78 is 38.9. The van der Waals surface area contributed by atoms with Crippen LogP contribution in [0.5, 0.6) is 11.5 Å². The van der Waals surface area contributed by atoms with E-state index in [1.165, 1.54) is 13.2 Å². The number of nitrogens with one attached hydrogen (secondary N) is 2. The van der Waals surface area contributed by atoms with Gasteiger partial charge in [-0.05, 0) is 57.0 Å². The molecule has 0 aromatic heterocycles. The Morgan fingerprint density at radius 2 is 1.81 bits per heavy atom. The van der Waals surface area contributed by atoms with Gasteiger partial charge in [0.15, 0.2) is 18.1 Å². The molecule has 0 radical (unpaired) electrons. The SMILES string of the molecule is C/C=C/c1ccc(OCC(=O)NCc2ccccc2S(=O)(=O)NC(C)(C)C)c(OC)c1. The molecule has 168 valence electrons. The molecule has 2 aromatic rings. The number of benzene rings is 2. The van der Waals surface area contributed by atoms with Gasteiger partial charge in [-0.25, -0.2) is 13.1 Å². The van der Waals surface area contributed by atoms with Gasteiger partial charge in [-0.3, -0.25) is 4.79 Å². The van der Waals surface area contributed by atoms with Crippen LogP contribution in [0.1, 0.15) is 38.8 Å². The van der Waals surface area contributed by atoms with Crippen LogP contribution in [-0.4, -0.2) is 33.6 Å². The van der Waals surface area contributed by atoms with Crippen LogP contribution in [0.15, 0.2) is 53.4 Å². The summed E-state index contributed by atoms with van der Waals surface area (Å²) >= 11 is 0. The number of methoxy groups -OCH3 is 1. The van der Waals surface area contributed by atoms with Crippen LogP contribution < -0.4 is 19.5 Å². The maximum Gasteiger partial charge on any atom is 0.258 e. The Bertz CT molecular complexity index is 1040. The quantitative estimate of drug-likeness (QED) is 0.615.